The lowest BCUT2D eigenvalue weighted by Gasteiger charge is -2.21. The number of hydrogen-bond donors (Lipinski definition) is 2. The Morgan fingerprint density at radius 3 is 2.27 bits per heavy atom. The standard InChI is InChI=1S/C25H23F6N5O4S/c1-12-10-16(23(8-9-23)25(29,30)31)34-22(39-3)18(12)40-21-17(13(2)19(35-36-21)24(26,27)28)20(37)33-14-6-5-7-15(11-14)41(4,32)38/h5-7,10-11,32H,8-9H2,1-4H3,(H,33,37). The molecule has 9 nitrogen and oxygen atoms in total. The molecule has 1 unspecified atom stereocenters. The first-order valence-corrected chi connectivity index (χ1v) is 13.8. The largest absolute Gasteiger partial charge is 0.478 e. The normalized spacial score (nSPS) is 16.0. The Balaban J connectivity index is 1.80. The number of amides is 1. The highest BCUT2D eigenvalue weighted by Gasteiger charge is 2.65. The Bertz CT molecular complexity index is 1640. The summed E-state index contributed by atoms with van der Waals surface area (Å²) in [5.41, 5.74) is -5.13. The molecule has 2 N–H and O–H groups in total. The number of halogens is 6. The summed E-state index contributed by atoms with van der Waals surface area (Å²) in [6, 6.07) is 6.51. The van der Waals surface area contributed by atoms with Crippen molar-refractivity contribution >= 4 is 21.3 Å². The number of hydrogen-bond acceptors (Lipinski definition) is 8. The van der Waals surface area contributed by atoms with E-state index in [1.165, 1.54) is 31.2 Å². The van der Waals surface area contributed by atoms with E-state index < -0.39 is 62.0 Å². The van der Waals surface area contributed by atoms with Gasteiger partial charge < -0.3 is 14.8 Å². The number of aryl methyl sites for hydroxylation is 1. The Labute approximate surface area is 230 Å². The van der Waals surface area contributed by atoms with E-state index in [1.54, 1.807) is 0 Å². The maximum Gasteiger partial charge on any atom is 0.435 e. The van der Waals surface area contributed by atoms with Crippen molar-refractivity contribution in [1.29, 1.82) is 4.78 Å². The number of benzene rings is 1. The van der Waals surface area contributed by atoms with Crippen LogP contribution in [0.15, 0.2) is 35.2 Å². The van der Waals surface area contributed by atoms with Gasteiger partial charge in [0.25, 0.3) is 17.7 Å². The van der Waals surface area contributed by atoms with Crippen molar-refractivity contribution in [1.82, 2.24) is 15.2 Å². The van der Waals surface area contributed by atoms with Crippen molar-refractivity contribution < 1.29 is 44.8 Å². The molecular formula is C25H23F6N5O4S. The van der Waals surface area contributed by atoms with Crippen LogP contribution < -0.4 is 14.8 Å². The molecule has 41 heavy (non-hydrogen) atoms. The average molecular weight is 604 g/mol. The molecule has 16 heteroatoms. The molecule has 220 valence electrons. The summed E-state index contributed by atoms with van der Waals surface area (Å²) in [5, 5.41) is 9.02. The maximum atomic E-state index is 13.7. The number of aromatic nitrogens is 3. The van der Waals surface area contributed by atoms with Crippen LogP contribution in [0.3, 0.4) is 0 Å². The summed E-state index contributed by atoms with van der Waals surface area (Å²) in [6.45, 7) is 2.36. The van der Waals surface area contributed by atoms with Crippen LogP contribution in [-0.4, -0.2) is 44.8 Å². The van der Waals surface area contributed by atoms with Crippen molar-refractivity contribution in [3.05, 3.63) is 58.4 Å². The summed E-state index contributed by atoms with van der Waals surface area (Å²) in [6.07, 6.45) is -8.75. The van der Waals surface area contributed by atoms with Gasteiger partial charge in [-0.05, 0) is 62.1 Å². The Morgan fingerprint density at radius 1 is 1.07 bits per heavy atom. The molecule has 0 saturated heterocycles. The predicted molar refractivity (Wildman–Crippen MR) is 134 cm³/mol. The molecule has 2 heterocycles. The molecule has 1 aromatic carbocycles. The topological polar surface area (TPSA) is 127 Å². The number of carbonyl (C=O) groups is 1. The Morgan fingerprint density at radius 2 is 1.73 bits per heavy atom. The summed E-state index contributed by atoms with van der Waals surface area (Å²) in [4.78, 5) is 17.3. The minimum absolute atomic E-state index is 0.0201. The van der Waals surface area contributed by atoms with Crippen molar-refractivity contribution in [2.75, 3.05) is 18.7 Å². The van der Waals surface area contributed by atoms with Crippen LogP contribution in [0, 0.1) is 18.6 Å². The molecule has 1 saturated carbocycles. The number of rotatable bonds is 7. The third kappa shape index (κ3) is 5.78. The lowest BCUT2D eigenvalue weighted by Crippen LogP contribution is -2.29. The van der Waals surface area contributed by atoms with E-state index >= 15 is 0 Å². The number of methoxy groups -OCH3 is 1. The van der Waals surface area contributed by atoms with Gasteiger partial charge in [-0.15, -0.1) is 10.2 Å². The molecule has 1 atom stereocenters. The second-order valence-corrected chi connectivity index (χ2v) is 11.7. The molecule has 2 aromatic heterocycles. The molecule has 1 aliphatic rings. The molecule has 1 amide bonds. The zero-order valence-electron chi connectivity index (χ0n) is 22.0. The molecule has 1 fully saturated rings. The quantitative estimate of drug-likeness (QED) is 0.308. The van der Waals surface area contributed by atoms with Gasteiger partial charge in [-0.3, -0.25) is 4.79 Å². The third-order valence-electron chi connectivity index (χ3n) is 6.52. The van der Waals surface area contributed by atoms with Crippen molar-refractivity contribution in [3.8, 4) is 17.5 Å². The third-order valence-corrected chi connectivity index (χ3v) is 7.68. The zero-order chi connectivity index (χ0) is 30.5. The summed E-state index contributed by atoms with van der Waals surface area (Å²) < 4.78 is 113. The monoisotopic (exact) mass is 603 g/mol. The van der Waals surface area contributed by atoms with Gasteiger partial charge in [0.05, 0.1) is 22.5 Å². The van der Waals surface area contributed by atoms with Crippen LogP contribution in [0.5, 0.6) is 17.5 Å². The number of anilines is 1. The van der Waals surface area contributed by atoms with Gasteiger partial charge in [-0.2, -0.15) is 26.3 Å². The van der Waals surface area contributed by atoms with Gasteiger partial charge >= 0.3 is 12.4 Å². The van der Waals surface area contributed by atoms with E-state index in [9.17, 15) is 35.3 Å². The highest BCUT2D eigenvalue weighted by Crippen LogP contribution is 2.59. The minimum Gasteiger partial charge on any atom is -0.478 e. The number of nitrogens with one attached hydrogen (secondary N) is 2. The second-order valence-electron chi connectivity index (χ2n) is 9.52. The summed E-state index contributed by atoms with van der Waals surface area (Å²) >= 11 is 0. The number of pyridine rings is 1. The highest BCUT2D eigenvalue weighted by molar-refractivity contribution is 7.91. The maximum absolute atomic E-state index is 13.7. The summed E-state index contributed by atoms with van der Waals surface area (Å²) in [7, 11) is -2.06. The van der Waals surface area contributed by atoms with Crippen LogP contribution in [0.4, 0.5) is 32.0 Å². The fourth-order valence-corrected chi connectivity index (χ4v) is 4.85. The van der Waals surface area contributed by atoms with Crippen LogP contribution in [0.2, 0.25) is 0 Å². The number of alkyl halides is 6. The van der Waals surface area contributed by atoms with E-state index in [2.05, 4.69) is 20.5 Å². The molecule has 0 aliphatic heterocycles. The van der Waals surface area contributed by atoms with Crippen LogP contribution in [0.1, 0.15) is 45.7 Å². The van der Waals surface area contributed by atoms with Crippen molar-refractivity contribution in [3.63, 3.8) is 0 Å². The van der Waals surface area contributed by atoms with Gasteiger partial charge in [-0.1, -0.05) is 6.07 Å². The number of ether oxygens (including phenoxy) is 2. The van der Waals surface area contributed by atoms with E-state index in [0.29, 0.717) is 0 Å². The fraction of sp³-hybridized carbons (Fsp3) is 0.360. The molecular weight excluding hydrogens is 580 g/mol. The SMILES string of the molecule is COc1nc(C2(C(F)(F)F)CC2)cc(C)c1Oc1nnc(C(F)(F)F)c(C)c1C(=O)Nc1cccc(S(C)(=N)=O)c1. The first-order chi connectivity index (χ1) is 18.9. The Hall–Kier alpha value is -3.95. The lowest BCUT2D eigenvalue weighted by atomic mass is 9.99. The molecule has 0 radical (unpaired) electrons. The van der Waals surface area contributed by atoms with Crippen LogP contribution in [0.25, 0.3) is 0 Å². The molecule has 0 bridgehead atoms. The minimum atomic E-state index is -4.99. The van der Waals surface area contributed by atoms with Crippen molar-refractivity contribution in [2.45, 2.75) is 49.4 Å². The van der Waals surface area contributed by atoms with E-state index in [-0.39, 0.29) is 40.4 Å². The van der Waals surface area contributed by atoms with Gasteiger partial charge in [0.1, 0.15) is 11.0 Å². The van der Waals surface area contributed by atoms with Crippen LogP contribution >= 0.6 is 0 Å². The lowest BCUT2D eigenvalue weighted by molar-refractivity contribution is -0.161. The van der Waals surface area contributed by atoms with Gasteiger partial charge in [0.2, 0.25) is 0 Å². The van der Waals surface area contributed by atoms with Gasteiger partial charge in [0.15, 0.2) is 11.4 Å². The second kappa shape index (κ2) is 10.2. The van der Waals surface area contributed by atoms with E-state index in [1.807, 2.05) is 0 Å². The predicted octanol–water partition coefficient (Wildman–Crippen LogP) is 6.19. The molecule has 3 aromatic rings. The van der Waals surface area contributed by atoms with Gasteiger partial charge in [0, 0.05) is 16.8 Å². The fourth-order valence-electron chi connectivity index (χ4n) is 4.16. The molecule has 1 aliphatic carbocycles. The summed E-state index contributed by atoms with van der Waals surface area (Å²) in [5.74, 6) is -2.49. The van der Waals surface area contributed by atoms with Gasteiger partial charge in [-0.25, -0.2) is 14.0 Å². The van der Waals surface area contributed by atoms with E-state index in [0.717, 1.165) is 26.4 Å². The smallest absolute Gasteiger partial charge is 0.435 e. The Kier molecular flexibility index (Phi) is 7.43. The van der Waals surface area contributed by atoms with E-state index in [4.69, 9.17) is 14.3 Å². The number of carbonyl (C=O) groups excluding carboxylic acids is 1. The first kappa shape index (κ1) is 30.0. The molecule has 4 rings (SSSR count). The average Bonchev–Trinajstić information content (AvgIpc) is 3.66. The van der Waals surface area contributed by atoms with Crippen LogP contribution in [-0.2, 0) is 21.3 Å². The van der Waals surface area contributed by atoms with Crippen molar-refractivity contribution in [2.24, 2.45) is 0 Å². The number of nitrogens with zero attached hydrogens (tertiary/aromatic N) is 3. The first-order valence-electron chi connectivity index (χ1n) is 11.8. The zero-order valence-corrected chi connectivity index (χ0v) is 22.8. The molecule has 0 spiro atoms. The highest BCUT2D eigenvalue weighted by atomic mass is 32.2.